The van der Waals surface area contributed by atoms with Gasteiger partial charge in [-0.1, -0.05) is 101 Å². The topological polar surface area (TPSA) is 35.4 Å². The summed E-state index contributed by atoms with van der Waals surface area (Å²) in [5.74, 6) is 0.0357. The summed E-state index contributed by atoms with van der Waals surface area (Å²) in [6, 6.07) is 10.2. The summed E-state index contributed by atoms with van der Waals surface area (Å²) in [5.41, 5.74) is 1.21. The van der Waals surface area contributed by atoms with Gasteiger partial charge in [-0.2, -0.15) is 4.59 Å². The van der Waals surface area contributed by atoms with Crippen LogP contribution in [0.15, 0.2) is 47.6 Å². The molecule has 30 heavy (non-hydrogen) atoms. The van der Waals surface area contributed by atoms with Crippen molar-refractivity contribution < 1.29 is 9.70 Å². The van der Waals surface area contributed by atoms with Gasteiger partial charge in [-0.15, -0.1) is 5.10 Å². The molecule has 0 saturated heterocycles. The molecule has 170 valence electrons. The van der Waals surface area contributed by atoms with E-state index in [1.807, 2.05) is 32.3 Å². The van der Waals surface area contributed by atoms with Gasteiger partial charge in [0.15, 0.2) is 0 Å². The Balaban J connectivity index is 2.00. The third kappa shape index (κ3) is 15.3. The van der Waals surface area contributed by atoms with Crippen LogP contribution in [0.4, 0.5) is 0 Å². The zero-order valence-corrected chi connectivity index (χ0v) is 20.0. The van der Waals surface area contributed by atoms with Crippen LogP contribution in [0.25, 0.3) is 0 Å². The first kappa shape index (κ1) is 26.4. The van der Waals surface area contributed by atoms with Crippen LogP contribution in [0.1, 0.15) is 102 Å². The maximum Gasteiger partial charge on any atom is 0.128 e. The van der Waals surface area contributed by atoms with Crippen molar-refractivity contribution in [2.45, 2.75) is 103 Å². The molecule has 0 fully saturated rings. The molecule has 0 aliphatic heterocycles. The second kappa shape index (κ2) is 17.1. The van der Waals surface area contributed by atoms with Crippen LogP contribution in [0.3, 0.4) is 0 Å². The molecular formula is C27H46N2O. The lowest BCUT2D eigenvalue weighted by Gasteiger charge is -2.25. The standard InChI is InChI=1S/C27H46N2O/c1-4-5-6-7-8-9-10-11-12-13-14-15-16-17-21-24-27(30)28-29(2,3)25-26-22-19-18-20-23-26/h11-12,18-20,22-23H,4-10,13-17,21,24-25H2,1-3H3/b12-11-. The lowest BCUT2D eigenvalue weighted by atomic mass is 10.1. The molecular weight excluding hydrogens is 368 g/mol. The van der Waals surface area contributed by atoms with Crippen LogP contribution < -0.4 is 5.11 Å². The van der Waals surface area contributed by atoms with Crippen molar-refractivity contribution in [3.05, 3.63) is 48.0 Å². The quantitative estimate of drug-likeness (QED) is 0.0637. The van der Waals surface area contributed by atoms with Gasteiger partial charge < -0.3 is 5.11 Å². The number of rotatable bonds is 18. The van der Waals surface area contributed by atoms with E-state index in [0.717, 1.165) is 19.4 Å². The van der Waals surface area contributed by atoms with Crippen molar-refractivity contribution in [1.29, 1.82) is 0 Å². The fourth-order valence-corrected chi connectivity index (χ4v) is 3.76. The lowest BCUT2D eigenvalue weighted by Crippen LogP contribution is -2.36. The van der Waals surface area contributed by atoms with E-state index >= 15 is 0 Å². The van der Waals surface area contributed by atoms with E-state index in [4.69, 9.17) is 0 Å². The molecule has 0 saturated carbocycles. The second-order valence-corrected chi connectivity index (χ2v) is 9.09. The predicted molar refractivity (Wildman–Crippen MR) is 129 cm³/mol. The molecule has 0 N–H and O–H groups in total. The molecule has 0 unspecified atom stereocenters. The molecule has 0 spiro atoms. The molecule has 0 radical (unpaired) electrons. The molecule has 1 rings (SSSR count). The minimum absolute atomic E-state index is 0.0357. The first-order chi connectivity index (χ1) is 14.5. The summed E-state index contributed by atoms with van der Waals surface area (Å²) in [6.07, 6.45) is 21.9. The van der Waals surface area contributed by atoms with E-state index in [0.29, 0.717) is 11.0 Å². The van der Waals surface area contributed by atoms with Crippen molar-refractivity contribution in [2.24, 2.45) is 5.10 Å². The van der Waals surface area contributed by atoms with Gasteiger partial charge in [-0.05, 0) is 38.5 Å². The van der Waals surface area contributed by atoms with E-state index < -0.39 is 0 Å². The van der Waals surface area contributed by atoms with E-state index in [2.05, 4.69) is 36.3 Å². The highest BCUT2D eigenvalue weighted by atomic mass is 16.3. The van der Waals surface area contributed by atoms with Crippen molar-refractivity contribution >= 4 is 5.90 Å². The Hall–Kier alpha value is -1.61. The maximum absolute atomic E-state index is 12.2. The largest absolute Gasteiger partial charge is 0.858 e. The molecule has 1 aromatic carbocycles. The predicted octanol–water partition coefficient (Wildman–Crippen LogP) is 6.97. The van der Waals surface area contributed by atoms with E-state index in [1.165, 1.54) is 76.2 Å². The number of benzene rings is 1. The molecule has 0 amide bonds. The van der Waals surface area contributed by atoms with Crippen LogP contribution in [-0.4, -0.2) is 24.6 Å². The third-order valence-corrected chi connectivity index (χ3v) is 5.45. The zero-order valence-electron chi connectivity index (χ0n) is 20.0. The van der Waals surface area contributed by atoms with Gasteiger partial charge >= 0.3 is 0 Å². The van der Waals surface area contributed by atoms with Crippen LogP contribution in [0, 0.1) is 0 Å². The third-order valence-electron chi connectivity index (χ3n) is 5.45. The SMILES string of the molecule is CCCCCCCC/C=C\CCCCCCC/C([O-])=N/[N+](C)(C)Cc1ccccc1. The van der Waals surface area contributed by atoms with Crippen molar-refractivity contribution in [2.75, 3.05) is 14.1 Å². The Morgan fingerprint density at radius 1 is 0.800 bits per heavy atom. The fourth-order valence-electron chi connectivity index (χ4n) is 3.76. The molecule has 1 aromatic rings. The number of allylic oxidation sites excluding steroid dienone is 2. The van der Waals surface area contributed by atoms with Crippen LogP contribution in [0.5, 0.6) is 0 Å². The molecule has 0 aliphatic carbocycles. The molecule has 0 atom stereocenters. The summed E-state index contributed by atoms with van der Waals surface area (Å²) >= 11 is 0. The highest BCUT2D eigenvalue weighted by molar-refractivity contribution is 5.70. The van der Waals surface area contributed by atoms with E-state index in [1.54, 1.807) is 0 Å². The van der Waals surface area contributed by atoms with Gasteiger partial charge in [-0.3, -0.25) is 0 Å². The summed E-state index contributed by atoms with van der Waals surface area (Å²) in [7, 11) is 3.98. The van der Waals surface area contributed by atoms with Gasteiger partial charge in [0.1, 0.15) is 6.54 Å². The number of hydrogen-bond donors (Lipinski definition) is 0. The number of unbranched alkanes of at least 4 members (excludes halogenated alkanes) is 11. The van der Waals surface area contributed by atoms with Crippen molar-refractivity contribution in [1.82, 2.24) is 0 Å². The van der Waals surface area contributed by atoms with Gasteiger partial charge in [0.2, 0.25) is 0 Å². The van der Waals surface area contributed by atoms with Gasteiger partial charge in [0, 0.05) is 11.5 Å². The first-order valence-corrected chi connectivity index (χ1v) is 12.3. The molecule has 0 bridgehead atoms. The minimum Gasteiger partial charge on any atom is -0.858 e. The smallest absolute Gasteiger partial charge is 0.128 e. The lowest BCUT2D eigenvalue weighted by molar-refractivity contribution is -0.911. The normalized spacial score (nSPS) is 12.7. The highest BCUT2D eigenvalue weighted by Crippen LogP contribution is 2.12. The van der Waals surface area contributed by atoms with Gasteiger partial charge in [0.25, 0.3) is 0 Å². The fraction of sp³-hybridized carbons (Fsp3) is 0.667. The number of quaternary nitrogens is 1. The summed E-state index contributed by atoms with van der Waals surface area (Å²) < 4.78 is 0.369. The Morgan fingerprint density at radius 2 is 1.33 bits per heavy atom. The Morgan fingerprint density at radius 3 is 1.93 bits per heavy atom. The van der Waals surface area contributed by atoms with Gasteiger partial charge in [-0.25, -0.2) is 0 Å². The first-order valence-electron chi connectivity index (χ1n) is 12.3. The average Bonchev–Trinajstić information content (AvgIpc) is 2.71. The Bertz CT molecular complexity index is 578. The van der Waals surface area contributed by atoms with E-state index in [9.17, 15) is 5.11 Å². The van der Waals surface area contributed by atoms with Gasteiger partial charge in [0.05, 0.1) is 14.1 Å². The van der Waals surface area contributed by atoms with Crippen molar-refractivity contribution in [3.8, 4) is 0 Å². The molecule has 3 nitrogen and oxygen atoms in total. The summed E-state index contributed by atoms with van der Waals surface area (Å²) in [5, 5.41) is 16.6. The average molecular weight is 415 g/mol. The van der Waals surface area contributed by atoms with E-state index in [-0.39, 0.29) is 5.90 Å². The molecule has 3 heteroatoms. The van der Waals surface area contributed by atoms with Crippen molar-refractivity contribution in [3.63, 3.8) is 0 Å². The summed E-state index contributed by atoms with van der Waals surface area (Å²) in [4.78, 5) is 0. The number of nitrogens with zero attached hydrogens (tertiary/aromatic N) is 2. The summed E-state index contributed by atoms with van der Waals surface area (Å²) in [6.45, 7) is 3.02. The minimum atomic E-state index is 0.0357. The molecule has 0 aromatic heterocycles. The Kier molecular flexibility index (Phi) is 15.1. The zero-order chi connectivity index (χ0) is 21.9. The van der Waals surface area contributed by atoms with Crippen LogP contribution in [-0.2, 0) is 6.54 Å². The second-order valence-electron chi connectivity index (χ2n) is 9.09. The molecule has 0 heterocycles. The number of hydrogen-bond acceptors (Lipinski definition) is 2. The Labute approximate surface area is 186 Å². The van der Waals surface area contributed by atoms with Crippen LogP contribution >= 0.6 is 0 Å². The monoisotopic (exact) mass is 414 g/mol. The van der Waals surface area contributed by atoms with Crippen LogP contribution in [0.2, 0.25) is 0 Å². The molecule has 0 aliphatic rings. The maximum atomic E-state index is 12.2. The highest BCUT2D eigenvalue weighted by Gasteiger charge is 2.14.